The molecule has 1 aromatic carbocycles. The molecule has 0 atom stereocenters. The van der Waals surface area contributed by atoms with Gasteiger partial charge in [0, 0.05) is 47.3 Å². The van der Waals surface area contributed by atoms with Crippen LogP contribution in [0.15, 0.2) is 41.1 Å². The molecule has 0 saturated heterocycles. The SMILES string of the molecule is CNCc1cnn(-c2cc(Nc3nc(C)cc(NC)n3)ccc2Br)c1. The van der Waals surface area contributed by atoms with Gasteiger partial charge in [-0.25, -0.2) is 9.67 Å². The van der Waals surface area contributed by atoms with Crippen molar-refractivity contribution < 1.29 is 0 Å². The van der Waals surface area contributed by atoms with Crippen LogP contribution in [0.4, 0.5) is 17.5 Å². The second kappa shape index (κ2) is 7.62. The molecule has 2 heterocycles. The fourth-order valence-electron chi connectivity index (χ4n) is 2.43. The maximum absolute atomic E-state index is 4.43. The number of hydrogen-bond donors (Lipinski definition) is 3. The molecule has 0 aliphatic heterocycles. The van der Waals surface area contributed by atoms with E-state index in [0.717, 1.165) is 39.5 Å². The van der Waals surface area contributed by atoms with E-state index in [9.17, 15) is 0 Å². The number of nitrogens with zero attached hydrogens (tertiary/aromatic N) is 4. The predicted molar refractivity (Wildman–Crippen MR) is 104 cm³/mol. The Morgan fingerprint density at radius 3 is 2.76 bits per heavy atom. The fraction of sp³-hybridized carbons (Fsp3) is 0.235. The molecular weight excluding hydrogens is 382 g/mol. The average Bonchev–Trinajstić information content (AvgIpc) is 3.05. The van der Waals surface area contributed by atoms with Gasteiger partial charge in [0.05, 0.1) is 11.9 Å². The molecule has 2 aromatic heterocycles. The topological polar surface area (TPSA) is 79.7 Å². The lowest BCUT2D eigenvalue weighted by Crippen LogP contribution is -2.04. The van der Waals surface area contributed by atoms with E-state index in [1.165, 1.54) is 0 Å². The van der Waals surface area contributed by atoms with Crippen LogP contribution >= 0.6 is 15.9 Å². The van der Waals surface area contributed by atoms with Gasteiger partial charge in [-0.05, 0) is 48.1 Å². The first-order valence-corrected chi connectivity index (χ1v) is 8.67. The molecule has 0 unspecified atom stereocenters. The summed E-state index contributed by atoms with van der Waals surface area (Å²) in [5, 5.41) is 13.8. The Labute approximate surface area is 155 Å². The Kier molecular flexibility index (Phi) is 5.30. The predicted octanol–water partition coefficient (Wildman–Crippen LogP) is 3.24. The van der Waals surface area contributed by atoms with Gasteiger partial charge < -0.3 is 16.0 Å². The maximum atomic E-state index is 4.43. The van der Waals surface area contributed by atoms with E-state index in [0.29, 0.717) is 5.95 Å². The fourth-order valence-corrected chi connectivity index (χ4v) is 2.86. The van der Waals surface area contributed by atoms with Crippen molar-refractivity contribution in [3.8, 4) is 5.69 Å². The number of hydrogen-bond acceptors (Lipinski definition) is 6. The number of aromatic nitrogens is 4. The van der Waals surface area contributed by atoms with Gasteiger partial charge in [-0.1, -0.05) is 0 Å². The Bertz CT molecular complexity index is 875. The van der Waals surface area contributed by atoms with E-state index in [1.807, 2.05) is 62.4 Å². The standard InChI is InChI=1S/C17H20BrN7/c1-11-6-16(20-3)24-17(22-11)23-13-4-5-14(18)15(7-13)25-10-12(8-19-2)9-21-25/h4-7,9-10,19H,8H2,1-3H3,(H2,20,22,23,24). The van der Waals surface area contributed by atoms with Crippen LogP contribution in [-0.4, -0.2) is 33.8 Å². The normalized spacial score (nSPS) is 10.7. The van der Waals surface area contributed by atoms with E-state index < -0.39 is 0 Å². The van der Waals surface area contributed by atoms with Gasteiger partial charge in [0.2, 0.25) is 5.95 Å². The molecule has 3 N–H and O–H groups in total. The maximum Gasteiger partial charge on any atom is 0.229 e. The molecule has 8 heteroatoms. The van der Waals surface area contributed by atoms with Gasteiger partial charge in [-0.2, -0.15) is 10.1 Å². The van der Waals surface area contributed by atoms with Gasteiger partial charge >= 0.3 is 0 Å². The Morgan fingerprint density at radius 1 is 1.16 bits per heavy atom. The number of rotatable bonds is 6. The molecule has 3 rings (SSSR count). The minimum Gasteiger partial charge on any atom is -0.373 e. The third-order valence-electron chi connectivity index (χ3n) is 3.58. The summed E-state index contributed by atoms with van der Waals surface area (Å²) in [5.41, 5.74) is 3.83. The second-order valence-electron chi connectivity index (χ2n) is 5.58. The van der Waals surface area contributed by atoms with E-state index >= 15 is 0 Å². The van der Waals surface area contributed by atoms with Gasteiger partial charge in [-0.15, -0.1) is 0 Å². The zero-order valence-electron chi connectivity index (χ0n) is 14.3. The van der Waals surface area contributed by atoms with Crippen molar-refractivity contribution in [2.75, 3.05) is 24.7 Å². The van der Waals surface area contributed by atoms with Crippen molar-refractivity contribution in [1.29, 1.82) is 0 Å². The van der Waals surface area contributed by atoms with Crippen LogP contribution in [0.5, 0.6) is 0 Å². The molecule has 3 aromatic rings. The highest BCUT2D eigenvalue weighted by atomic mass is 79.9. The number of benzene rings is 1. The molecule has 0 spiro atoms. The zero-order chi connectivity index (χ0) is 17.8. The van der Waals surface area contributed by atoms with E-state index in [4.69, 9.17) is 0 Å². The van der Waals surface area contributed by atoms with Crippen molar-refractivity contribution in [2.45, 2.75) is 13.5 Å². The largest absolute Gasteiger partial charge is 0.373 e. The highest BCUT2D eigenvalue weighted by Gasteiger charge is 2.08. The highest BCUT2D eigenvalue weighted by Crippen LogP contribution is 2.26. The third kappa shape index (κ3) is 4.15. The summed E-state index contributed by atoms with van der Waals surface area (Å²) in [6, 6.07) is 7.85. The summed E-state index contributed by atoms with van der Waals surface area (Å²) < 4.78 is 2.80. The Balaban J connectivity index is 1.89. The quantitative estimate of drug-likeness (QED) is 0.588. The van der Waals surface area contributed by atoms with Crippen molar-refractivity contribution in [3.05, 3.63) is 52.4 Å². The van der Waals surface area contributed by atoms with Crippen molar-refractivity contribution in [2.24, 2.45) is 0 Å². The van der Waals surface area contributed by atoms with Crippen molar-refractivity contribution in [1.82, 2.24) is 25.1 Å². The molecular formula is C17H20BrN7. The Hall–Kier alpha value is -2.45. The third-order valence-corrected chi connectivity index (χ3v) is 4.25. The summed E-state index contributed by atoms with van der Waals surface area (Å²) >= 11 is 3.59. The average molecular weight is 402 g/mol. The number of anilines is 3. The van der Waals surface area contributed by atoms with Crippen LogP contribution in [-0.2, 0) is 6.54 Å². The lowest BCUT2D eigenvalue weighted by atomic mass is 10.2. The second-order valence-corrected chi connectivity index (χ2v) is 6.44. The lowest BCUT2D eigenvalue weighted by molar-refractivity contribution is 0.816. The minimum atomic E-state index is 0.550. The minimum absolute atomic E-state index is 0.550. The first-order valence-electron chi connectivity index (χ1n) is 7.87. The van der Waals surface area contributed by atoms with Crippen LogP contribution in [0.1, 0.15) is 11.3 Å². The van der Waals surface area contributed by atoms with E-state index in [1.54, 1.807) is 0 Å². The van der Waals surface area contributed by atoms with E-state index in [2.05, 4.69) is 46.9 Å². The van der Waals surface area contributed by atoms with Crippen LogP contribution in [0.3, 0.4) is 0 Å². The molecule has 0 bridgehead atoms. The molecule has 0 radical (unpaired) electrons. The molecule has 0 fully saturated rings. The summed E-state index contributed by atoms with van der Waals surface area (Å²) in [7, 11) is 3.75. The molecule has 0 amide bonds. The summed E-state index contributed by atoms with van der Waals surface area (Å²) in [5.74, 6) is 1.32. The first kappa shape index (κ1) is 17.4. The molecule has 130 valence electrons. The van der Waals surface area contributed by atoms with Crippen LogP contribution in [0.25, 0.3) is 5.69 Å². The molecule has 7 nitrogen and oxygen atoms in total. The van der Waals surface area contributed by atoms with Crippen LogP contribution < -0.4 is 16.0 Å². The summed E-state index contributed by atoms with van der Waals surface area (Å²) in [6.45, 7) is 2.72. The molecule has 0 aliphatic carbocycles. The van der Waals surface area contributed by atoms with Crippen LogP contribution in [0, 0.1) is 6.92 Å². The monoisotopic (exact) mass is 401 g/mol. The molecule has 25 heavy (non-hydrogen) atoms. The first-order chi connectivity index (χ1) is 12.1. The van der Waals surface area contributed by atoms with Gasteiger partial charge in [-0.3, -0.25) is 0 Å². The molecule has 0 aliphatic rings. The Morgan fingerprint density at radius 2 is 2.00 bits per heavy atom. The smallest absolute Gasteiger partial charge is 0.229 e. The van der Waals surface area contributed by atoms with Crippen molar-refractivity contribution >= 4 is 33.4 Å². The molecule has 0 saturated carbocycles. The van der Waals surface area contributed by atoms with Crippen molar-refractivity contribution in [3.63, 3.8) is 0 Å². The number of nitrogens with one attached hydrogen (secondary N) is 3. The van der Waals surface area contributed by atoms with Gasteiger partial charge in [0.1, 0.15) is 5.82 Å². The highest BCUT2D eigenvalue weighted by molar-refractivity contribution is 9.10. The van der Waals surface area contributed by atoms with Gasteiger partial charge in [0.15, 0.2) is 0 Å². The lowest BCUT2D eigenvalue weighted by Gasteiger charge is -2.11. The zero-order valence-corrected chi connectivity index (χ0v) is 15.9. The van der Waals surface area contributed by atoms with Gasteiger partial charge in [0.25, 0.3) is 0 Å². The number of halogens is 1. The van der Waals surface area contributed by atoms with E-state index in [-0.39, 0.29) is 0 Å². The number of aryl methyl sites for hydroxylation is 1. The van der Waals surface area contributed by atoms with Crippen LogP contribution in [0.2, 0.25) is 0 Å². The summed E-state index contributed by atoms with van der Waals surface area (Å²) in [6.07, 6.45) is 3.86. The summed E-state index contributed by atoms with van der Waals surface area (Å²) in [4.78, 5) is 8.85.